The molecule has 0 bridgehead atoms. The topological polar surface area (TPSA) is 67.5 Å². The first-order valence-corrected chi connectivity index (χ1v) is 13.2. The molecule has 0 fully saturated rings. The largest absolute Gasteiger partial charge is 0.496 e. The number of nitrogens with zero attached hydrogens (tertiary/aromatic N) is 1. The molecule has 0 radical (unpaired) electrons. The quantitative estimate of drug-likeness (QED) is 0.251. The molecule has 0 saturated carbocycles. The third-order valence-corrected chi connectivity index (χ3v) is 8.04. The lowest BCUT2D eigenvalue weighted by Crippen LogP contribution is -2.36. The van der Waals surface area contributed by atoms with Crippen LogP contribution in [0.3, 0.4) is 0 Å². The summed E-state index contributed by atoms with van der Waals surface area (Å²) in [5, 5.41) is 4.08. The van der Waals surface area contributed by atoms with E-state index in [2.05, 4.69) is 20.5 Å². The van der Waals surface area contributed by atoms with E-state index in [9.17, 15) is 8.42 Å². The number of hydrogen-bond donors (Lipinski definition) is 1. The predicted molar refractivity (Wildman–Crippen MR) is 128 cm³/mol. The molecular formula is C21H19BrNO4S3+. The summed E-state index contributed by atoms with van der Waals surface area (Å²) in [6.07, 6.45) is 4.42. The molecule has 0 spiro atoms. The molecule has 30 heavy (non-hydrogen) atoms. The zero-order chi connectivity index (χ0) is 21.3. The number of rotatable bonds is 7. The van der Waals surface area contributed by atoms with E-state index < -0.39 is 10.1 Å². The number of aromatic nitrogens is 1. The average molecular weight is 525 g/mol. The van der Waals surface area contributed by atoms with E-state index in [0.29, 0.717) is 13.0 Å². The van der Waals surface area contributed by atoms with Crippen molar-refractivity contribution in [3.63, 3.8) is 0 Å². The first-order chi connectivity index (χ1) is 14.4. The van der Waals surface area contributed by atoms with Crippen LogP contribution in [0.2, 0.25) is 0 Å². The van der Waals surface area contributed by atoms with Crippen LogP contribution in [0, 0.1) is 0 Å². The van der Waals surface area contributed by atoms with Gasteiger partial charge in [0.25, 0.3) is 15.1 Å². The number of thiazole rings is 1. The maximum Gasteiger partial charge on any atom is 0.265 e. The second kappa shape index (κ2) is 8.76. The van der Waals surface area contributed by atoms with Crippen molar-refractivity contribution in [1.82, 2.24) is 0 Å². The molecule has 0 atom stereocenters. The SMILES string of the molecule is COc1cc2sc(C=Cc3ccc(Br)cc3)[n+](CCCS(=O)(=O)O)c2c2sccc12. The molecule has 2 aromatic carbocycles. The summed E-state index contributed by atoms with van der Waals surface area (Å²) in [4.78, 5) is 0. The van der Waals surface area contributed by atoms with Crippen molar-refractivity contribution in [2.75, 3.05) is 12.9 Å². The van der Waals surface area contributed by atoms with Crippen LogP contribution >= 0.6 is 38.6 Å². The minimum Gasteiger partial charge on any atom is -0.496 e. The summed E-state index contributed by atoms with van der Waals surface area (Å²) < 4.78 is 42.5. The van der Waals surface area contributed by atoms with Crippen molar-refractivity contribution in [1.29, 1.82) is 0 Å². The Morgan fingerprint density at radius 3 is 2.67 bits per heavy atom. The van der Waals surface area contributed by atoms with E-state index in [1.54, 1.807) is 29.8 Å². The second-order valence-electron chi connectivity index (χ2n) is 6.71. The molecule has 2 heterocycles. The molecule has 2 aromatic heterocycles. The Kier molecular flexibility index (Phi) is 6.26. The molecule has 0 aliphatic rings. The lowest BCUT2D eigenvalue weighted by molar-refractivity contribution is -0.667. The summed E-state index contributed by atoms with van der Waals surface area (Å²) >= 11 is 6.72. The van der Waals surface area contributed by atoms with Gasteiger partial charge < -0.3 is 4.74 Å². The zero-order valence-corrected chi connectivity index (χ0v) is 20.1. The highest BCUT2D eigenvalue weighted by atomic mass is 79.9. The molecule has 1 N–H and O–H groups in total. The fourth-order valence-electron chi connectivity index (χ4n) is 3.34. The number of halogens is 1. The summed E-state index contributed by atoms with van der Waals surface area (Å²) in [5.74, 6) is 0.560. The summed E-state index contributed by atoms with van der Waals surface area (Å²) in [6.45, 7) is 0.485. The number of aryl methyl sites for hydroxylation is 1. The number of thiophene rings is 1. The highest BCUT2D eigenvalue weighted by Gasteiger charge is 2.24. The Labute approximate surface area is 191 Å². The maximum absolute atomic E-state index is 11.2. The molecule has 156 valence electrons. The Balaban J connectivity index is 1.82. The van der Waals surface area contributed by atoms with Gasteiger partial charge in [-0.3, -0.25) is 4.55 Å². The third kappa shape index (κ3) is 4.60. The van der Waals surface area contributed by atoms with Crippen molar-refractivity contribution in [3.05, 3.63) is 56.8 Å². The first kappa shape index (κ1) is 21.5. The Hall–Kier alpha value is -1.78. The van der Waals surface area contributed by atoms with Gasteiger partial charge >= 0.3 is 0 Å². The number of hydrogen-bond acceptors (Lipinski definition) is 5. The van der Waals surface area contributed by atoms with Crippen molar-refractivity contribution in [2.45, 2.75) is 13.0 Å². The lowest BCUT2D eigenvalue weighted by atomic mass is 10.2. The average Bonchev–Trinajstić information content (AvgIpc) is 3.30. The molecule has 5 nitrogen and oxygen atoms in total. The van der Waals surface area contributed by atoms with Crippen molar-refractivity contribution in [2.24, 2.45) is 0 Å². The zero-order valence-electron chi connectivity index (χ0n) is 16.0. The van der Waals surface area contributed by atoms with Crippen LogP contribution in [0.4, 0.5) is 0 Å². The van der Waals surface area contributed by atoms with Crippen molar-refractivity contribution < 1.29 is 22.3 Å². The molecular weight excluding hydrogens is 506 g/mol. The first-order valence-electron chi connectivity index (χ1n) is 9.15. The number of ether oxygens (including phenoxy) is 1. The van der Waals surface area contributed by atoms with Gasteiger partial charge in [-0.2, -0.15) is 13.0 Å². The van der Waals surface area contributed by atoms with Gasteiger partial charge in [0.1, 0.15) is 15.1 Å². The van der Waals surface area contributed by atoms with Gasteiger partial charge in [-0.15, -0.1) is 11.3 Å². The van der Waals surface area contributed by atoms with E-state index in [1.165, 1.54) is 0 Å². The van der Waals surface area contributed by atoms with Gasteiger partial charge in [0.05, 0.1) is 12.9 Å². The highest BCUT2D eigenvalue weighted by Crippen LogP contribution is 2.38. The van der Waals surface area contributed by atoms with Crippen LogP contribution in [-0.2, 0) is 16.7 Å². The second-order valence-corrected chi connectivity index (χ2v) is 11.2. The normalized spacial score (nSPS) is 12.4. The lowest BCUT2D eigenvalue weighted by Gasteiger charge is -2.02. The third-order valence-electron chi connectivity index (χ3n) is 4.68. The minimum atomic E-state index is -3.99. The van der Waals surface area contributed by atoms with Crippen LogP contribution < -0.4 is 9.30 Å². The van der Waals surface area contributed by atoms with Crippen molar-refractivity contribution in [3.8, 4) is 5.75 Å². The summed E-state index contributed by atoms with van der Waals surface area (Å²) in [7, 11) is -2.33. The van der Waals surface area contributed by atoms with E-state index in [1.807, 2.05) is 53.9 Å². The highest BCUT2D eigenvalue weighted by molar-refractivity contribution is 9.10. The molecule has 0 amide bonds. The van der Waals surface area contributed by atoms with Crippen LogP contribution in [0.25, 0.3) is 32.5 Å². The van der Waals surface area contributed by atoms with Crippen LogP contribution in [0.1, 0.15) is 17.0 Å². The smallest absolute Gasteiger partial charge is 0.265 e. The maximum atomic E-state index is 11.2. The Morgan fingerprint density at radius 1 is 1.20 bits per heavy atom. The van der Waals surface area contributed by atoms with Gasteiger partial charge in [0.15, 0.2) is 6.54 Å². The van der Waals surface area contributed by atoms with E-state index in [-0.39, 0.29) is 5.75 Å². The number of fused-ring (bicyclic) bond motifs is 3. The molecule has 9 heteroatoms. The van der Waals surface area contributed by atoms with Crippen LogP contribution in [0.15, 0.2) is 46.3 Å². The summed E-state index contributed by atoms with van der Waals surface area (Å²) in [5.41, 5.74) is 2.13. The van der Waals surface area contributed by atoms with E-state index in [4.69, 9.17) is 9.29 Å². The number of benzene rings is 2. The monoisotopic (exact) mass is 524 g/mol. The molecule has 0 unspecified atom stereocenters. The van der Waals surface area contributed by atoms with Crippen molar-refractivity contribution >= 4 is 81.2 Å². The fraction of sp³-hybridized carbons (Fsp3) is 0.190. The van der Waals surface area contributed by atoms with Gasteiger partial charge in [0, 0.05) is 28.4 Å². The van der Waals surface area contributed by atoms with Gasteiger partial charge in [-0.1, -0.05) is 39.4 Å². The van der Waals surface area contributed by atoms with Gasteiger partial charge in [-0.25, -0.2) is 0 Å². The molecule has 0 aliphatic heterocycles. The van der Waals surface area contributed by atoms with Gasteiger partial charge in [0.2, 0.25) is 5.52 Å². The summed E-state index contributed by atoms with van der Waals surface area (Å²) in [6, 6.07) is 12.1. The molecule has 0 saturated heterocycles. The molecule has 0 aliphatic carbocycles. The van der Waals surface area contributed by atoms with E-state index >= 15 is 0 Å². The van der Waals surface area contributed by atoms with Crippen LogP contribution in [0.5, 0.6) is 5.75 Å². The fourth-order valence-corrected chi connectivity index (χ4v) is 6.26. The minimum absolute atomic E-state index is 0.267. The Bertz CT molecular complexity index is 1340. The predicted octanol–water partition coefficient (Wildman–Crippen LogP) is 5.62. The van der Waals surface area contributed by atoms with E-state index in [0.717, 1.165) is 41.1 Å². The van der Waals surface area contributed by atoms with Crippen LogP contribution in [-0.4, -0.2) is 25.8 Å². The number of methoxy groups -OCH3 is 1. The van der Waals surface area contributed by atoms with Gasteiger partial charge in [-0.05, 0) is 35.2 Å². The molecule has 4 aromatic rings. The standard InChI is InChI=1S/C21H18BrNO4S3/c1-27-17-13-18-20(21-16(17)9-11-28-21)23(10-2-12-30(24,25)26)19(29-18)8-5-14-3-6-15(22)7-4-14/h3-9,11,13H,2,10,12H2,1H3/p+1. The molecule has 4 rings (SSSR count). The Morgan fingerprint density at radius 2 is 1.97 bits per heavy atom.